The van der Waals surface area contributed by atoms with Gasteiger partial charge in [0.15, 0.2) is 5.13 Å². The third-order valence-corrected chi connectivity index (χ3v) is 5.24. The Morgan fingerprint density at radius 1 is 1.30 bits per heavy atom. The fraction of sp³-hybridized carbons (Fsp3) is 0.421. The fourth-order valence-electron chi connectivity index (χ4n) is 2.89. The Morgan fingerprint density at radius 2 is 2.04 bits per heavy atom. The maximum atomic E-state index is 12.6. The van der Waals surface area contributed by atoms with Crippen molar-refractivity contribution in [3.63, 3.8) is 0 Å². The van der Waals surface area contributed by atoms with E-state index in [2.05, 4.69) is 15.6 Å². The highest BCUT2D eigenvalue weighted by atomic mass is 32.1. The largest absolute Gasteiger partial charge is 0.497 e. The number of carbonyl (C=O) groups excluding carboxylic acids is 2. The third kappa shape index (κ3) is 4.97. The number of amides is 3. The summed E-state index contributed by atoms with van der Waals surface area (Å²) in [5.41, 5.74) is 1.93. The Morgan fingerprint density at radius 3 is 2.70 bits per heavy atom. The number of nitrogens with zero attached hydrogens (tertiary/aromatic N) is 2. The molecule has 8 heteroatoms. The number of urea groups is 1. The van der Waals surface area contributed by atoms with Crippen molar-refractivity contribution in [3.05, 3.63) is 40.4 Å². The lowest BCUT2D eigenvalue weighted by atomic mass is 10.1. The van der Waals surface area contributed by atoms with Crippen LogP contribution in [0.1, 0.15) is 30.0 Å². The summed E-state index contributed by atoms with van der Waals surface area (Å²) in [6.45, 7) is 4.98. The van der Waals surface area contributed by atoms with Gasteiger partial charge in [0, 0.05) is 23.9 Å². The van der Waals surface area contributed by atoms with Gasteiger partial charge in [-0.05, 0) is 31.5 Å². The number of aromatic nitrogens is 1. The molecule has 1 aromatic heterocycles. The summed E-state index contributed by atoms with van der Waals surface area (Å²) in [7, 11) is 1.62. The number of methoxy groups -OCH3 is 1. The highest BCUT2D eigenvalue weighted by Crippen LogP contribution is 2.28. The fourth-order valence-corrected chi connectivity index (χ4v) is 3.91. The predicted octanol–water partition coefficient (Wildman–Crippen LogP) is 2.81. The van der Waals surface area contributed by atoms with Gasteiger partial charge in [0.1, 0.15) is 5.75 Å². The Labute approximate surface area is 162 Å². The quantitative estimate of drug-likeness (QED) is 0.825. The first kappa shape index (κ1) is 19.2. The van der Waals surface area contributed by atoms with Crippen LogP contribution in [-0.2, 0) is 24.2 Å². The molecule has 1 aromatic carbocycles. The molecule has 27 heavy (non-hydrogen) atoms. The molecule has 0 saturated heterocycles. The van der Waals surface area contributed by atoms with Gasteiger partial charge < -0.3 is 15.0 Å². The molecule has 2 N–H and O–H groups in total. The highest BCUT2D eigenvalue weighted by Gasteiger charge is 2.24. The van der Waals surface area contributed by atoms with Crippen molar-refractivity contribution in [3.8, 4) is 5.75 Å². The van der Waals surface area contributed by atoms with Gasteiger partial charge in [0.25, 0.3) is 0 Å². The summed E-state index contributed by atoms with van der Waals surface area (Å²) < 4.78 is 5.15. The minimum Gasteiger partial charge on any atom is -0.497 e. The van der Waals surface area contributed by atoms with E-state index >= 15 is 0 Å². The van der Waals surface area contributed by atoms with E-state index in [1.807, 2.05) is 43.0 Å². The van der Waals surface area contributed by atoms with E-state index in [1.54, 1.807) is 7.11 Å². The van der Waals surface area contributed by atoms with Crippen molar-refractivity contribution < 1.29 is 14.3 Å². The third-order valence-electron chi connectivity index (χ3n) is 4.24. The molecule has 0 fully saturated rings. The molecular weight excluding hydrogens is 364 g/mol. The first-order chi connectivity index (χ1) is 12.9. The van der Waals surface area contributed by atoms with Gasteiger partial charge in [-0.2, -0.15) is 0 Å². The zero-order valence-electron chi connectivity index (χ0n) is 15.7. The molecule has 0 unspecified atom stereocenters. The van der Waals surface area contributed by atoms with Crippen LogP contribution in [0.4, 0.5) is 9.93 Å². The van der Waals surface area contributed by atoms with E-state index in [0.717, 1.165) is 21.9 Å². The molecule has 1 aliphatic heterocycles. The molecule has 7 nitrogen and oxygen atoms in total. The van der Waals surface area contributed by atoms with Crippen LogP contribution in [-0.4, -0.2) is 41.5 Å². The van der Waals surface area contributed by atoms with Crippen molar-refractivity contribution in [2.45, 2.75) is 39.3 Å². The second kappa shape index (κ2) is 8.39. The molecule has 1 aliphatic rings. The summed E-state index contributed by atoms with van der Waals surface area (Å²) >= 11 is 1.43. The van der Waals surface area contributed by atoms with Gasteiger partial charge in [-0.15, -0.1) is 0 Å². The Hall–Kier alpha value is -2.61. The number of fused-ring (bicyclic) bond motifs is 1. The summed E-state index contributed by atoms with van der Waals surface area (Å²) in [6.07, 6.45) is 1.06. The van der Waals surface area contributed by atoms with E-state index in [-0.39, 0.29) is 18.0 Å². The molecule has 0 radical (unpaired) electrons. The van der Waals surface area contributed by atoms with Crippen LogP contribution in [0.2, 0.25) is 0 Å². The van der Waals surface area contributed by atoms with Crippen molar-refractivity contribution in [2.75, 3.05) is 19.0 Å². The number of hydrogen-bond acceptors (Lipinski definition) is 5. The lowest BCUT2D eigenvalue weighted by molar-refractivity contribution is -0.131. The SMILES string of the molecule is COc1ccc(CC(=O)N2CCc3nc(NC(=O)NC(C)C)sc3C2)cc1. The van der Waals surface area contributed by atoms with Crippen LogP contribution in [0.25, 0.3) is 0 Å². The van der Waals surface area contributed by atoms with Gasteiger partial charge in [-0.3, -0.25) is 10.1 Å². The summed E-state index contributed by atoms with van der Waals surface area (Å²) in [6, 6.07) is 7.34. The molecule has 0 spiro atoms. The number of hydrogen-bond donors (Lipinski definition) is 2. The van der Waals surface area contributed by atoms with E-state index in [4.69, 9.17) is 4.74 Å². The van der Waals surface area contributed by atoms with Gasteiger partial charge in [0.2, 0.25) is 5.91 Å². The van der Waals surface area contributed by atoms with Crippen LogP contribution >= 0.6 is 11.3 Å². The molecule has 0 bridgehead atoms. The number of thiazole rings is 1. The Kier molecular flexibility index (Phi) is 5.95. The van der Waals surface area contributed by atoms with Crippen molar-refractivity contribution in [1.82, 2.24) is 15.2 Å². The second-order valence-electron chi connectivity index (χ2n) is 6.73. The molecule has 144 valence electrons. The number of ether oxygens (including phenoxy) is 1. The molecule has 3 rings (SSSR count). The highest BCUT2D eigenvalue weighted by molar-refractivity contribution is 7.15. The lowest BCUT2D eigenvalue weighted by Gasteiger charge is -2.26. The van der Waals surface area contributed by atoms with E-state index in [9.17, 15) is 9.59 Å². The molecule has 2 aromatic rings. The average Bonchev–Trinajstić information content (AvgIpc) is 3.02. The smallest absolute Gasteiger partial charge is 0.321 e. The lowest BCUT2D eigenvalue weighted by Crippen LogP contribution is -2.36. The summed E-state index contributed by atoms with van der Waals surface area (Å²) in [5, 5.41) is 6.12. The van der Waals surface area contributed by atoms with Crippen molar-refractivity contribution >= 4 is 28.4 Å². The standard InChI is InChI=1S/C19H24N4O3S/c1-12(2)20-18(25)22-19-21-15-8-9-23(11-16(15)27-19)17(24)10-13-4-6-14(26-3)7-5-13/h4-7,12H,8-11H2,1-3H3,(H2,20,21,22,25). The number of anilines is 1. The van der Waals surface area contributed by atoms with E-state index in [0.29, 0.717) is 31.1 Å². The molecule has 2 heterocycles. The van der Waals surface area contributed by atoms with Gasteiger partial charge >= 0.3 is 6.03 Å². The molecule has 0 atom stereocenters. The van der Waals surface area contributed by atoms with Gasteiger partial charge in [-0.1, -0.05) is 23.5 Å². The average molecular weight is 388 g/mol. The van der Waals surface area contributed by atoms with Gasteiger partial charge in [-0.25, -0.2) is 9.78 Å². The second-order valence-corrected chi connectivity index (χ2v) is 7.82. The van der Waals surface area contributed by atoms with Crippen LogP contribution in [0, 0.1) is 0 Å². The molecule has 3 amide bonds. The Balaban J connectivity index is 1.60. The number of carbonyl (C=O) groups is 2. The van der Waals surface area contributed by atoms with E-state index in [1.165, 1.54) is 11.3 Å². The zero-order chi connectivity index (χ0) is 19.4. The molecular formula is C19H24N4O3S. The van der Waals surface area contributed by atoms with Crippen LogP contribution in [0.3, 0.4) is 0 Å². The number of nitrogens with one attached hydrogen (secondary N) is 2. The predicted molar refractivity (Wildman–Crippen MR) is 105 cm³/mol. The minimum absolute atomic E-state index is 0.0608. The van der Waals surface area contributed by atoms with Crippen molar-refractivity contribution in [2.24, 2.45) is 0 Å². The summed E-state index contributed by atoms with van der Waals surface area (Å²) in [5.74, 6) is 0.867. The Bertz CT molecular complexity index is 817. The minimum atomic E-state index is -0.261. The van der Waals surface area contributed by atoms with Crippen molar-refractivity contribution in [1.29, 1.82) is 0 Å². The van der Waals surface area contributed by atoms with E-state index < -0.39 is 0 Å². The van der Waals surface area contributed by atoms with Crippen LogP contribution < -0.4 is 15.4 Å². The topological polar surface area (TPSA) is 83.6 Å². The zero-order valence-corrected chi connectivity index (χ0v) is 16.6. The first-order valence-electron chi connectivity index (χ1n) is 8.91. The number of benzene rings is 1. The van der Waals surface area contributed by atoms with Crippen LogP contribution in [0.15, 0.2) is 24.3 Å². The maximum absolute atomic E-state index is 12.6. The normalized spacial score (nSPS) is 13.3. The van der Waals surface area contributed by atoms with Gasteiger partial charge in [0.05, 0.1) is 25.8 Å². The summed E-state index contributed by atoms with van der Waals surface area (Å²) in [4.78, 5) is 31.8. The molecule has 0 saturated carbocycles. The maximum Gasteiger partial charge on any atom is 0.321 e. The monoisotopic (exact) mass is 388 g/mol. The first-order valence-corrected chi connectivity index (χ1v) is 9.73. The number of rotatable bonds is 5. The van der Waals surface area contributed by atoms with Crippen LogP contribution in [0.5, 0.6) is 5.75 Å². The molecule has 0 aliphatic carbocycles.